The molecular formula is C18H26N2O7S. The molecule has 0 bridgehead atoms. The van der Waals surface area contributed by atoms with Crippen LogP contribution in [0.5, 0.6) is 5.88 Å². The number of nitrogens with zero attached hydrogens (tertiary/aromatic N) is 2. The monoisotopic (exact) mass is 414 g/mol. The van der Waals surface area contributed by atoms with Crippen molar-refractivity contribution in [3.63, 3.8) is 0 Å². The maximum Gasteiger partial charge on any atom is 0.324 e. The number of ether oxygens (including phenoxy) is 3. The third-order valence-electron chi connectivity index (χ3n) is 4.58. The summed E-state index contributed by atoms with van der Waals surface area (Å²) in [6.45, 7) is 3.47. The molecule has 0 amide bonds. The van der Waals surface area contributed by atoms with Crippen LogP contribution >= 0.6 is 0 Å². The van der Waals surface area contributed by atoms with E-state index in [1.54, 1.807) is 19.9 Å². The second kappa shape index (κ2) is 9.44. The van der Waals surface area contributed by atoms with Crippen LogP contribution in [0.2, 0.25) is 0 Å². The van der Waals surface area contributed by atoms with Crippen molar-refractivity contribution in [3.8, 4) is 5.88 Å². The molecule has 1 aliphatic heterocycles. The fraction of sp³-hybridized carbons (Fsp3) is 0.611. The first-order valence-corrected chi connectivity index (χ1v) is 10.4. The summed E-state index contributed by atoms with van der Waals surface area (Å²) in [5.41, 5.74) is 0.581. The normalized spacial score (nSPS) is 21.3. The SMILES string of the molecule is COC(=O)[C@@H]1C[C@H](OC)CN1S(=O)(=O)c1ccc(C)nc1O[C@H](C)CCC=O. The van der Waals surface area contributed by atoms with Crippen LogP contribution in [-0.4, -0.2) is 69.0 Å². The number of hydrogen-bond donors (Lipinski definition) is 0. The van der Waals surface area contributed by atoms with Crippen molar-refractivity contribution in [1.82, 2.24) is 9.29 Å². The lowest BCUT2D eigenvalue weighted by molar-refractivity contribution is -0.144. The summed E-state index contributed by atoms with van der Waals surface area (Å²) in [6, 6.07) is 1.99. The van der Waals surface area contributed by atoms with Crippen molar-refractivity contribution in [3.05, 3.63) is 17.8 Å². The lowest BCUT2D eigenvalue weighted by Crippen LogP contribution is -2.41. The molecule has 28 heavy (non-hydrogen) atoms. The maximum absolute atomic E-state index is 13.3. The number of aryl methyl sites for hydroxylation is 1. The van der Waals surface area contributed by atoms with E-state index in [1.807, 2.05) is 0 Å². The van der Waals surface area contributed by atoms with Gasteiger partial charge in [0.25, 0.3) is 0 Å². The minimum Gasteiger partial charge on any atom is -0.474 e. The van der Waals surface area contributed by atoms with Crippen molar-refractivity contribution in [2.75, 3.05) is 20.8 Å². The Bertz CT molecular complexity index is 812. The predicted molar refractivity (Wildman–Crippen MR) is 99.5 cm³/mol. The average molecular weight is 414 g/mol. The third-order valence-corrected chi connectivity index (χ3v) is 6.47. The van der Waals surface area contributed by atoms with Gasteiger partial charge in [0.05, 0.1) is 19.3 Å². The average Bonchev–Trinajstić information content (AvgIpc) is 3.11. The topological polar surface area (TPSA) is 112 Å². The van der Waals surface area contributed by atoms with Crippen LogP contribution in [0.1, 0.15) is 31.9 Å². The number of carbonyl (C=O) groups is 2. The molecule has 2 heterocycles. The number of pyridine rings is 1. The highest BCUT2D eigenvalue weighted by Gasteiger charge is 2.46. The number of aldehydes is 1. The molecule has 1 saturated heterocycles. The van der Waals surface area contributed by atoms with E-state index in [0.717, 1.165) is 10.6 Å². The standard InChI is InChI=1S/C18H26N2O7S/c1-12-7-8-16(17(19-12)27-13(2)6-5-9-21)28(23,24)20-11-14(25-3)10-15(20)18(22)26-4/h7-9,13-15H,5-6,10-11H2,1-4H3/t13-,14+,15+/m1/s1. The summed E-state index contributed by atoms with van der Waals surface area (Å²) in [5.74, 6) is -0.701. The lowest BCUT2D eigenvalue weighted by atomic mass is 10.2. The van der Waals surface area contributed by atoms with Crippen LogP contribution in [0, 0.1) is 6.92 Å². The van der Waals surface area contributed by atoms with Crippen molar-refractivity contribution in [2.45, 2.75) is 56.3 Å². The van der Waals surface area contributed by atoms with Gasteiger partial charge in [0.2, 0.25) is 15.9 Å². The van der Waals surface area contributed by atoms with Gasteiger partial charge in [0, 0.05) is 32.2 Å². The first-order valence-electron chi connectivity index (χ1n) is 8.95. The number of methoxy groups -OCH3 is 2. The fourth-order valence-corrected chi connectivity index (χ4v) is 4.71. The zero-order chi connectivity index (χ0) is 20.9. The molecule has 0 radical (unpaired) electrons. The maximum atomic E-state index is 13.3. The molecule has 1 fully saturated rings. The highest BCUT2D eigenvalue weighted by molar-refractivity contribution is 7.89. The van der Waals surface area contributed by atoms with Gasteiger partial charge in [-0.1, -0.05) is 0 Å². The summed E-state index contributed by atoms with van der Waals surface area (Å²) >= 11 is 0. The molecule has 10 heteroatoms. The van der Waals surface area contributed by atoms with E-state index in [1.165, 1.54) is 20.3 Å². The van der Waals surface area contributed by atoms with Gasteiger partial charge in [-0.05, 0) is 32.4 Å². The summed E-state index contributed by atoms with van der Waals surface area (Å²) in [6.07, 6.45) is 0.869. The van der Waals surface area contributed by atoms with E-state index in [-0.39, 0.29) is 23.7 Å². The van der Waals surface area contributed by atoms with Crippen molar-refractivity contribution in [2.24, 2.45) is 0 Å². The second-order valence-corrected chi connectivity index (χ2v) is 8.49. The molecule has 9 nitrogen and oxygen atoms in total. The molecule has 1 aromatic heterocycles. The number of rotatable bonds is 9. The van der Waals surface area contributed by atoms with Gasteiger partial charge in [0.15, 0.2) is 0 Å². The summed E-state index contributed by atoms with van der Waals surface area (Å²) in [7, 11) is -1.43. The first kappa shape index (κ1) is 22.3. The highest BCUT2D eigenvalue weighted by atomic mass is 32.2. The van der Waals surface area contributed by atoms with Crippen molar-refractivity contribution < 1.29 is 32.2 Å². The highest BCUT2D eigenvalue weighted by Crippen LogP contribution is 2.32. The quantitative estimate of drug-likeness (QED) is 0.436. The Labute approximate surface area is 165 Å². The second-order valence-electron chi connectivity index (χ2n) is 6.64. The van der Waals surface area contributed by atoms with Crippen LogP contribution in [0.4, 0.5) is 0 Å². The summed E-state index contributed by atoms with van der Waals surface area (Å²) < 4.78 is 43.5. The van der Waals surface area contributed by atoms with Gasteiger partial charge in [-0.15, -0.1) is 0 Å². The number of sulfonamides is 1. The Kier molecular flexibility index (Phi) is 7.50. The molecule has 0 unspecified atom stereocenters. The minimum atomic E-state index is -4.10. The molecule has 0 spiro atoms. The molecule has 0 aliphatic carbocycles. The zero-order valence-corrected chi connectivity index (χ0v) is 17.3. The van der Waals surface area contributed by atoms with E-state index >= 15 is 0 Å². The molecule has 3 atom stereocenters. The fourth-order valence-electron chi connectivity index (χ4n) is 3.03. The minimum absolute atomic E-state index is 0.0204. The predicted octanol–water partition coefficient (Wildman–Crippen LogP) is 1.09. The van der Waals surface area contributed by atoms with Gasteiger partial charge >= 0.3 is 5.97 Å². The van der Waals surface area contributed by atoms with Crippen molar-refractivity contribution >= 4 is 22.3 Å². The van der Waals surface area contributed by atoms with Crippen LogP contribution in [0.25, 0.3) is 0 Å². The molecule has 1 aromatic rings. The van der Waals surface area contributed by atoms with Gasteiger partial charge in [-0.25, -0.2) is 13.4 Å². The Hall–Kier alpha value is -2.04. The summed E-state index contributed by atoms with van der Waals surface area (Å²) in [4.78, 5) is 26.8. The van der Waals surface area contributed by atoms with Crippen molar-refractivity contribution in [1.29, 1.82) is 0 Å². The van der Waals surface area contributed by atoms with Crippen LogP contribution < -0.4 is 4.74 Å². The molecule has 0 saturated carbocycles. The van der Waals surface area contributed by atoms with Crippen LogP contribution in [-0.2, 0) is 29.1 Å². The number of aromatic nitrogens is 1. The molecule has 2 rings (SSSR count). The number of esters is 1. The van der Waals surface area contributed by atoms with Crippen LogP contribution in [0.15, 0.2) is 17.0 Å². The van der Waals surface area contributed by atoms with Gasteiger partial charge in [-0.2, -0.15) is 4.31 Å². The van der Waals surface area contributed by atoms with E-state index in [9.17, 15) is 18.0 Å². The Morgan fingerprint density at radius 2 is 2.11 bits per heavy atom. The summed E-state index contributed by atoms with van der Waals surface area (Å²) in [5, 5.41) is 0. The van der Waals surface area contributed by atoms with E-state index in [0.29, 0.717) is 18.5 Å². The zero-order valence-electron chi connectivity index (χ0n) is 16.5. The van der Waals surface area contributed by atoms with E-state index in [4.69, 9.17) is 14.2 Å². The Balaban J connectivity index is 2.41. The molecule has 1 aliphatic rings. The van der Waals surface area contributed by atoms with Gasteiger partial charge < -0.3 is 19.0 Å². The van der Waals surface area contributed by atoms with Crippen LogP contribution in [0.3, 0.4) is 0 Å². The largest absolute Gasteiger partial charge is 0.474 e. The van der Waals surface area contributed by atoms with Gasteiger partial charge in [-0.3, -0.25) is 4.79 Å². The Morgan fingerprint density at radius 1 is 1.39 bits per heavy atom. The molecular weight excluding hydrogens is 388 g/mol. The van der Waals surface area contributed by atoms with E-state index < -0.39 is 34.2 Å². The molecule has 0 N–H and O–H groups in total. The smallest absolute Gasteiger partial charge is 0.324 e. The van der Waals surface area contributed by atoms with E-state index in [2.05, 4.69) is 4.98 Å². The molecule has 156 valence electrons. The Morgan fingerprint density at radius 3 is 2.71 bits per heavy atom. The lowest BCUT2D eigenvalue weighted by Gasteiger charge is -2.23. The number of hydrogen-bond acceptors (Lipinski definition) is 8. The third kappa shape index (κ3) is 4.86. The number of carbonyl (C=O) groups excluding carboxylic acids is 2. The van der Waals surface area contributed by atoms with Gasteiger partial charge in [0.1, 0.15) is 17.2 Å². The molecule has 0 aromatic carbocycles. The first-order chi connectivity index (χ1) is 13.2.